The van der Waals surface area contributed by atoms with E-state index in [1.807, 2.05) is 55.5 Å². The van der Waals surface area contributed by atoms with Crippen LogP contribution in [0.3, 0.4) is 0 Å². The predicted molar refractivity (Wildman–Crippen MR) is 119 cm³/mol. The van der Waals surface area contributed by atoms with Crippen LogP contribution in [0, 0.1) is 0 Å². The maximum absolute atomic E-state index is 11.1. The van der Waals surface area contributed by atoms with Crippen molar-refractivity contribution < 1.29 is 24.5 Å². The first kappa shape index (κ1) is 22.3. The van der Waals surface area contributed by atoms with E-state index in [4.69, 9.17) is 20.3 Å². The molecule has 0 spiro atoms. The zero-order valence-corrected chi connectivity index (χ0v) is 17.5. The number of rotatable bonds is 10. The second-order valence-corrected chi connectivity index (χ2v) is 7.18. The van der Waals surface area contributed by atoms with Crippen LogP contribution in [0.15, 0.2) is 66.7 Å². The minimum absolute atomic E-state index is 0.0989. The number of hydrogen-bond acceptors (Lipinski definition) is 5. The molecular weight excluding hydrogens is 394 g/mol. The highest BCUT2D eigenvalue weighted by atomic mass is 16.5. The monoisotopic (exact) mass is 421 g/mol. The van der Waals surface area contributed by atoms with Crippen molar-refractivity contribution in [2.24, 2.45) is 5.73 Å². The zero-order valence-electron chi connectivity index (χ0n) is 17.5. The number of hydrogen-bond donors (Lipinski definition) is 3. The number of carboxylic acids is 1. The summed E-state index contributed by atoms with van der Waals surface area (Å²) in [5.41, 5.74) is 10.2. The number of ether oxygens (including phenoxy) is 2. The molecule has 3 aromatic carbocycles. The topological polar surface area (TPSA) is 102 Å². The second kappa shape index (κ2) is 10.6. The molecule has 0 saturated carbocycles. The van der Waals surface area contributed by atoms with Crippen molar-refractivity contribution in [1.82, 2.24) is 0 Å². The quantitative estimate of drug-likeness (QED) is 0.458. The number of carbonyl (C=O) groups is 1. The molecule has 6 nitrogen and oxygen atoms in total. The van der Waals surface area contributed by atoms with Crippen molar-refractivity contribution in [2.75, 3.05) is 13.2 Å². The highest BCUT2D eigenvalue weighted by Crippen LogP contribution is 2.29. The third-order valence-electron chi connectivity index (χ3n) is 4.83. The van der Waals surface area contributed by atoms with Crippen molar-refractivity contribution in [3.05, 3.63) is 83.4 Å². The normalized spacial score (nSPS) is 11.7. The Labute approximate surface area is 181 Å². The van der Waals surface area contributed by atoms with E-state index in [0.717, 1.165) is 22.3 Å². The molecule has 0 aliphatic heterocycles. The summed E-state index contributed by atoms with van der Waals surface area (Å²) in [4.78, 5) is 11.1. The Bertz CT molecular complexity index is 1030. The number of aliphatic carboxylic acids is 1. The first-order valence-corrected chi connectivity index (χ1v) is 10.2. The predicted octanol–water partition coefficient (Wildman–Crippen LogP) is 3.95. The highest BCUT2D eigenvalue weighted by Gasteiger charge is 2.11. The first-order valence-electron chi connectivity index (χ1n) is 10.2. The molecule has 0 heterocycles. The summed E-state index contributed by atoms with van der Waals surface area (Å²) < 4.78 is 11.7. The second-order valence-electron chi connectivity index (χ2n) is 7.18. The lowest BCUT2D eigenvalue weighted by Crippen LogP contribution is -2.14. The number of carboxylic acid groups (broad SMARTS) is 1. The Kier molecular flexibility index (Phi) is 7.65. The molecule has 4 N–H and O–H groups in total. The molecule has 162 valence electrons. The molecule has 0 amide bonds. The third-order valence-corrected chi connectivity index (χ3v) is 4.83. The summed E-state index contributed by atoms with van der Waals surface area (Å²) in [6, 6.07) is 20.3. The van der Waals surface area contributed by atoms with Gasteiger partial charge in [-0.3, -0.25) is 4.79 Å². The van der Waals surface area contributed by atoms with Gasteiger partial charge < -0.3 is 25.4 Å². The van der Waals surface area contributed by atoms with Gasteiger partial charge in [-0.05, 0) is 59.5 Å². The number of nitrogens with two attached hydrogens (primary N) is 1. The van der Waals surface area contributed by atoms with Crippen LogP contribution in [-0.2, 0) is 17.8 Å². The molecule has 31 heavy (non-hydrogen) atoms. The summed E-state index contributed by atoms with van der Waals surface area (Å²) in [6.45, 7) is 2.59. The minimum atomic E-state index is -0.905. The standard InChI is InChI=1S/C25H27NO5/c1-2-30-22-11-17(16-31-24-9-4-3-6-20(24)14-25(28)29)10-21(13-22)18-7-5-8-19(12-18)23(26)15-27/h3-13,23,27H,2,14-16,26H2,1H3,(H,28,29). The summed E-state index contributed by atoms with van der Waals surface area (Å²) in [5.74, 6) is 0.358. The van der Waals surface area contributed by atoms with Gasteiger partial charge in [0.05, 0.1) is 25.7 Å². The van der Waals surface area contributed by atoms with Gasteiger partial charge in [0.2, 0.25) is 0 Å². The van der Waals surface area contributed by atoms with Gasteiger partial charge in [-0.2, -0.15) is 0 Å². The van der Waals surface area contributed by atoms with Crippen LogP contribution in [0.1, 0.15) is 29.7 Å². The average molecular weight is 421 g/mol. The van der Waals surface area contributed by atoms with E-state index in [0.29, 0.717) is 23.7 Å². The summed E-state index contributed by atoms with van der Waals surface area (Å²) in [5, 5.41) is 18.5. The Balaban J connectivity index is 1.89. The van der Waals surface area contributed by atoms with Crippen LogP contribution in [0.4, 0.5) is 0 Å². The average Bonchev–Trinajstić information content (AvgIpc) is 2.78. The van der Waals surface area contributed by atoms with Gasteiger partial charge >= 0.3 is 5.97 Å². The van der Waals surface area contributed by atoms with Crippen molar-refractivity contribution in [3.8, 4) is 22.6 Å². The molecule has 3 rings (SSSR count). The Hall–Kier alpha value is -3.35. The van der Waals surface area contributed by atoms with Crippen LogP contribution in [0.5, 0.6) is 11.5 Å². The molecule has 1 unspecified atom stereocenters. The fourth-order valence-corrected chi connectivity index (χ4v) is 3.33. The fraction of sp³-hybridized carbons (Fsp3) is 0.240. The van der Waals surface area contributed by atoms with E-state index in [1.165, 1.54) is 0 Å². The van der Waals surface area contributed by atoms with Gasteiger partial charge in [-0.25, -0.2) is 0 Å². The van der Waals surface area contributed by atoms with E-state index >= 15 is 0 Å². The molecule has 0 aliphatic carbocycles. The van der Waals surface area contributed by atoms with Crippen molar-refractivity contribution in [1.29, 1.82) is 0 Å². The fourth-order valence-electron chi connectivity index (χ4n) is 3.33. The lowest BCUT2D eigenvalue weighted by Gasteiger charge is -2.15. The van der Waals surface area contributed by atoms with Crippen LogP contribution >= 0.6 is 0 Å². The maximum Gasteiger partial charge on any atom is 0.307 e. The molecule has 6 heteroatoms. The van der Waals surface area contributed by atoms with Gasteiger partial charge in [0, 0.05) is 5.56 Å². The lowest BCUT2D eigenvalue weighted by atomic mass is 9.98. The SMILES string of the molecule is CCOc1cc(COc2ccccc2CC(=O)O)cc(-c2cccc(C(N)CO)c2)c1. The van der Waals surface area contributed by atoms with E-state index in [-0.39, 0.29) is 19.6 Å². The highest BCUT2D eigenvalue weighted by molar-refractivity contribution is 5.71. The molecular formula is C25H27NO5. The van der Waals surface area contributed by atoms with Crippen molar-refractivity contribution in [3.63, 3.8) is 0 Å². The molecule has 0 bridgehead atoms. The minimum Gasteiger partial charge on any atom is -0.494 e. The first-order chi connectivity index (χ1) is 15.0. The molecule has 0 aliphatic rings. The van der Waals surface area contributed by atoms with Gasteiger partial charge in [0.1, 0.15) is 18.1 Å². The Morgan fingerprint density at radius 1 is 1.00 bits per heavy atom. The maximum atomic E-state index is 11.1. The van der Waals surface area contributed by atoms with Crippen LogP contribution < -0.4 is 15.2 Å². The number of benzene rings is 3. The summed E-state index contributed by atoms with van der Waals surface area (Å²) >= 11 is 0. The van der Waals surface area contributed by atoms with E-state index in [1.54, 1.807) is 18.2 Å². The zero-order chi connectivity index (χ0) is 22.2. The van der Waals surface area contributed by atoms with Crippen LogP contribution in [0.25, 0.3) is 11.1 Å². The molecule has 0 saturated heterocycles. The van der Waals surface area contributed by atoms with Crippen LogP contribution in [0.2, 0.25) is 0 Å². The smallest absolute Gasteiger partial charge is 0.307 e. The molecule has 1 atom stereocenters. The summed E-state index contributed by atoms with van der Waals surface area (Å²) in [7, 11) is 0. The van der Waals surface area contributed by atoms with Gasteiger partial charge in [0.25, 0.3) is 0 Å². The number of aliphatic hydroxyl groups is 1. The van der Waals surface area contributed by atoms with E-state index < -0.39 is 12.0 Å². The number of aliphatic hydroxyl groups excluding tert-OH is 1. The third kappa shape index (κ3) is 6.07. The van der Waals surface area contributed by atoms with Gasteiger partial charge in [-0.15, -0.1) is 0 Å². The number of para-hydroxylation sites is 1. The molecule has 0 aromatic heterocycles. The molecule has 0 fully saturated rings. The Morgan fingerprint density at radius 3 is 2.55 bits per heavy atom. The largest absolute Gasteiger partial charge is 0.494 e. The van der Waals surface area contributed by atoms with Crippen LogP contribution in [-0.4, -0.2) is 29.4 Å². The summed E-state index contributed by atoms with van der Waals surface area (Å²) in [6.07, 6.45) is -0.0989. The van der Waals surface area contributed by atoms with E-state index in [9.17, 15) is 9.90 Å². The van der Waals surface area contributed by atoms with Gasteiger partial charge in [-0.1, -0.05) is 36.4 Å². The van der Waals surface area contributed by atoms with Gasteiger partial charge in [0.15, 0.2) is 0 Å². The van der Waals surface area contributed by atoms with Crippen molar-refractivity contribution >= 4 is 5.97 Å². The van der Waals surface area contributed by atoms with E-state index in [2.05, 4.69) is 0 Å². The molecule has 3 aromatic rings. The Morgan fingerprint density at radius 2 is 1.81 bits per heavy atom. The van der Waals surface area contributed by atoms with Crippen molar-refractivity contribution in [2.45, 2.75) is 26.0 Å². The molecule has 0 radical (unpaired) electrons. The lowest BCUT2D eigenvalue weighted by molar-refractivity contribution is -0.136.